The second-order valence-electron chi connectivity index (χ2n) is 7.20. The molecule has 1 aliphatic rings. The first kappa shape index (κ1) is 18.9. The van der Waals surface area contributed by atoms with Gasteiger partial charge in [-0.2, -0.15) is 5.10 Å². The number of imidazole rings is 1. The third-order valence-electron chi connectivity index (χ3n) is 5.12. The van der Waals surface area contributed by atoms with Crippen molar-refractivity contribution in [3.8, 4) is 11.3 Å². The summed E-state index contributed by atoms with van der Waals surface area (Å²) >= 11 is 6.25. The van der Waals surface area contributed by atoms with Crippen molar-refractivity contribution in [1.82, 2.24) is 24.6 Å². The van der Waals surface area contributed by atoms with Gasteiger partial charge in [0.05, 0.1) is 40.7 Å². The molecule has 3 aromatic heterocycles. The summed E-state index contributed by atoms with van der Waals surface area (Å²) in [6, 6.07) is 0. The molecule has 5 rings (SSSR count). The Morgan fingerprint density at radius 1 is 1.40 bits per heavy atom. The van der Waals surface area contributed by atoms with E-state index in [9.17, 15) is 18.0 Å². The molecular weight excluding hydrogens is 421 g/mol. The average Bonchev–Trinajstić information content (AvgIpc) is 3.08. The molecular formula is C19H14ClF3N6O. The minimum atomic E-state index is -1.59. The number of carbonyl (C=O) groups excluding carboxylic acids is 1. The van der Waals surface area contributed by atoms with Crippen LogP contribution in [0.2, 0.25) is 5.02 Å². The molecule has 1 fully saturated rings. The molecule has 3 heterocycles. The van der Waals surface area contributed by atoms with Crippen molar-refractivity contribution in [2.45, 2.75) is 25.7 Å². The maximum atomic E-state index is 14.8. The molecule has 30 heavy (non-hydrogen) atoms. The number of amides is 1. The number of hydrogen-bond acceptors (Lipinski definition) is 4. The molecule has 3 unspecified atom stereocenters. The molecule has 1 saturated carbocycles. The molecule has 0 aliphatic heterocycles. The Morgan fingerprint density at radius 3 is 2.87 bits per heavy atom. The van der Waals surface area contributed by atoms with E-state index in [1.54, 1.807) is 10.6 Å². The lowest BCUT2D eigenvalue weighted by Gasteiger charge is -2.12. The fourth-order valence-corrected chi connectivity index (χ4v) is 3.80. The van der Waals surface area contributed by atoms with E-state index in [0.29, 0.717) is 16.7 Å². The second-order valence-corrected chi connectivity index (χ2v) is 7.58. The maximum absolute atomic E-state index is 14.8. The summed E-state index contributed by atoms with van der Waals surface area (Å²) in [7, 11) is 0. The van der Waals surface area contributed by atoms with E-state index < -0.39 is 30.0 Å². The summed E-state index contributed by atoms with van der Waals surface area (Å²) in [6.07, 6.45) is 3.44. The van der Waals surface area contributed by atoms with E-state index >= 15 is 0 Å². The predicted molar refractivity (Wildman–Crippen MR) is 104 cm³/mol. The van der Waals surface area contributed by atoms with Gasteiger partial charge in [-0.25, -0.2) is 18.2 Å². The van der Waals surface area contributed by atoms with E-state index in [2.05, 4.69) is 25.5 Å². The first-order chi connectivity index (χ1) is 14.3. The van der Waals surface area contributed by atoms with Gasteiger partial charge in [-0.3, -0.25) is 14.9 Å². The van der Waals surface area contributed by atoms with Crippen LogP contribution in [0, 0.1) is 11.7 Å². The molecule has 0 spiro atoms. The molecule has 1 aliphatic carbocycles. The normalized spacial score (nSPS) is 19.4. The molecule has 0 radical (unpaired) electrons. The van der Waals surface area contributed by atoms with Crippen LogP contribution in [-0.2, 0) is 4.79 Å². The quantitative estimate of drug-likeness (QED) is 0.498. The van der Waals surface area contributed by atoms with Crippen LogP contribution in [0.5, 0.6) is 0 Å². The molecule has 0 saturated heterocycles. The standard InChI is InChI=1S/C19H14ClF3N6O/c1-7(21)14-17(23)16(20)15(9-3-25-28-18(9)14)11-5-29-6-12(26-13(29)4-24-11)27-19(30)8-2-10(8)22/h3-8,10H,2H2,1H3,(H,25,28)(H,27,30). The van der Waals surface area contributed by atoms with Gasteiger partial charge >= 0.3 is 0 Å². The zero-order valence-electron chi connectivity index (χ0n) is 15.5. The van der Waals surface area contributed by atoms with Crippen LogP contribution in [0.15, 0.2) is 24.8 Å². The van der Waals surface area contributed by atoms with Crippen LogP contribution >= 0.6 is 11.6 Å². The number of benzene rings is 1. The predicted octanol–water partition coefficient (Wildman–Crippen LogP) is 4.39. The van der Waals surface area contributed by atoms with E-state index in [4.69, 9.17) is 11.6 Å². The first-order valence-electron chi connectivity index (χ1n) is 9.13. The van der Waals surface area contributed by atoms with Crippen LogP contribution in [0.25, 0.3) is 27.8 Å². The molecule has 4 aromatic rings. The van der Waals surface area contributed by atoms with Crippen molar-refractivity contribution >= 4 is 39.9 Å². The van der Waals surface area contributed by atoms with Crippen LogP contribution in [-0.4, -0.2) is 36.6 Å². The molecule has 7 nitrogen and oxygen atoms in total. The Hall–Kier alpha value is -3.14. The van der Waals surface area contributed by atoms with Gasteiger partial charge in [0.2, 0.25) is 5.91 Å². The summed E-state index contributed by atoms with van der Waals surface area (Å²) < 4.78 is 43.4. The van der Waals surface area contributed by atoms with Crippen molar-refractivity contribution in [2.24, 2.45) is 5.92 Å². The van der Waals surface area contributed by atoms with Gasteiger partial charge in [0.15, 0.2) is 17.3 Å². The lowest BCUT2D eigenvalue weighted by molar-refractivity contribution is -0.117. The monoisotopic (exact) mass is 434 g/mol. The average molecular weight is 435 g/mol. The molecule has 154 valence electrons. The van der Waals surface area contributed by atoms with E-state index in [1.807, 2.05) is 0 Å². The molecule has 1 aromatic carbocycles. The molecule has 2 N–H and O–H groups in total. The smallest absolute Gasteiger partial charge is 0.231 e. The molecule has 11 heteroatoms. The first-order valence-corrected chi connectivity index (χ1v) is 9.51. The second kappa shape index (κ2) is 6.69. The van der Waals surface area contributed by atoms with Crippen molar-refractivity contribution in [2.75, 3.05) is 5.32 Å². The van der Waals surface area contributed by atoms with E-state index in [0.717, 1.165) is 0 Å². The molecule has 3 atom stereocenters. The Bertz CT molecular complexity index is 1320. The lowest BCUT2D eigenvalue weighted by Crippen LogP contribution is -2.15. The topological polar surface area (TPSA) is 88.0 Å². The van der Waals surface area contributed by atoms with Gasteiger partial charge in [-0.15, -0.1) is 0 Å². The highest BCUT2D eigenvalue weighted by Gasteiger charge is 2.43. The van der Waals surface area contributed by atoms with E-state index in [1.165, 1.54) is 25.5 Å². The zero-order valence-corrected chi connectivity index (χ0v) is 16.2. The van der Waals surface area contributed by atoms with Crippen LogP contribution in [0.3, 0.4) is 0 Å². The zero-order chi connectivity index (χ0) is 21.2. The molecule has 0 bridgehead atoms. The number of carbonyl (C=O) groups is 1. The Kier molecular flexibility index (Phi) is 4.21. The summed E-state index contributed by atoms with van der Waals surface area (Å²) in [4.78, 5) is 20.4. The Balaban J connectivity index is 1.59. The van der Waals surface area contributed by atoms with Gasteiger partial charge in [0.25, 0.3) is 0 Å². The number of fused-ring (bicyclic) bond motifs is 2. The number of aromatic amines is 1. The Labute approximate surface area is 172 Å². The van der Waals surface area contributed by atoms with Crippen LogP contribution < -0.4 is 5.32 Å². The van der Waals surface area contributed by atoms with Gasteiger partial charge in [0, 0.05) is 22.7 Å². The number of alkyl halides is 2. The number of halogens is 4. The van der Waals surface area contributed by atoms with E-state index in [-0.39, 0.29) is 33.9 Å². The summed E-state index contributed by atoms with van der Waals surface area (Å²) in [5.74, 6) is -1.72. The van der Waals surface area contributed by atoms with Crippen molar-refractivity contribution in [3.05, 3.63) is 41.2 Å². The number of aromatic nitrogens is 5. The minimum Gasteiger partial charge on any atom is -0.309 e. The van der Waals surface area contributed by atoms with Crippen molar-refractivity contribution in [3.63, 3.8) is 0 Å². The number of rotatable bonds is 4. The van der Waals surface area contributed by atoms with Gasteiger partial charge < -0.3 is 9.72 Å². The number of nitrogens with one attached hydrogen (secondary N) is 2. The maximum Gasteiger partial charge on any atom is 0.231 e. The number of H-pyrrole nitrogens is 1. The largest absolute Gasteiger partial charge is 0.309 e. The summed E-state index contributed by atoms with van der Waals surface area (Å²) in [5.41, 5.74) is 0.971. The van der Waals surface area contributed by atoms with Crippen LogP contribution in [0.4, 0.5) is 19.0 Å². The van der Waals surface area contributed by atoms with Crippen molar-refractivity contribution in [1.29, 1.82) is 0 Å². The number of anilines is 1. The number of hydrogen-bond donors (Lipinski definition) is 2. The van der Waals surface area contributed by atoms with Crippen LogP contribution in [0.1, 0.15) is 25.1 Å². The highest BCUT2D eigenvalue weighted by atomic mass is 35.5. The third-order valence-corrected chi connectivity index (χ3v) is 5.48. The highest BCUT2D eigenvalue weighted by molar-refractivity contribution is 6.35. The highest BCUT2D eigenvalue weighted by Crippen LogP contribution is 2.41. The molecule has 1 amide bonds. The van der Waals surface area contributed by atoms with Gasteiger partial charge in [0.1, 0.15) is 12.3 Å². The fraction of sp³-hybridized carbons (Fsp3) is 0.263. The minimum absolute atomic E-state index is 0.198. The fourth-order valence-electron chi connectivity index (χ4n) is 3.50. The van der Waals surface area contributed by atoms with Gasteiger partial charge in [-0.1, -0.05) is 11.6 Å². The number of nitrogens with zero attached hydrogens (tertiary/aromatic N) is 4. The summed E-state index contributed by atoms with van der Waals surface area (Å²) in [6.45, 7) is 1.22. The lowest BCUT2D eigenvalue weighted by atomic mass is 10.0. The Morgan fingerprint density at radius 2 is 2.17 bits per heavy atom. The summed E-state index contributed by atoms with van der Waals surface area (Å²) in [5, 5.41) is 9.23. The third kappa shape index (κ3) is 2.90. The van der Waals surface area contributed by atoms with Gasteiger partial charge in [-0.05, 0) is 13.3 Å². The van der Waals surface area contributed by atoms with Crippen molar-refractivity contribution < 1.29 is 18.0 Å². The SMILES string of the molecule is CC(F)c1c(F)c(Cl)c(-c2cn3cc(NC(=O)C4CC4F)nc3cn2)c2cn[nH]c12.